The highest BCUT2D eigenvalue weighted by atomic mass is 35.5. The molecule has 0 atom stereocenters. The molecule has 0 saturated heterocycles. The Labute approximate surface area is 190 Å². The van der Waals surface area contributed by atoms with E-state index in [-0.39, 0.29) is 11.4 Å². The lowest BCUT2D eigenvalue weighted by atomic mass is 9.53. The van der Waals surface area contributed by atoms with Gasteiger partial charge in [-0.2, -0.15) is 5.10 Å². The van der Waals surface area contributed by atoms with E-state index in [0.717, 1.165) is 79.6 Å². The second-order valence-corrected chi connectivity index (χ2v) is 10.7. The van der Waals surface area contributed by atoms with Gasteiger partial charge in [0.15, 0.2) is 5.69 Å². The molecule has 1 heterocycles. The van der Waals surface area contributed by atoms with Gasteiger partial charge in [-0.05, 0) is 76.0 Å². The van der Waals surface area contributed by atoms with Gasteiger partial charge in [0.1, 0.15) is 0 Å². The molecule has 5 heteroatoms. The van der Waals surface area contributed by atoms with Crippen LogP contribution in [0.4, 0.5) is 0 Å². The summed E-state index contributed by atoms with van der Waals surface area (Å²) in [6.07, 6.45) is 10.7. The van der Waals surface area contributed by atoms with Crippen LogP contribution in [0.15, 0.2) is 30.3 Å². The Bertz CT molecular complexity index is 900. The highest BCUT2D eigenvalue weighted by Crippen LogP contribution is 2.55. The van der Waals surface area contributed by atoms with Crippen LogP contribution in [0.2, 0.25) is 0 Å². The third-order valence-electron chi connectivity index (χ3n) is 7.87. The van der Waals surface area contributed by atoms with Gasteiger partial charge in [0, 0.05) is 29.1 Å². The monoisotopic (exact) mass is 439 g/mol. The van der Waals surface area contributed by atoms with E-state index in [1.807, 2.05) is 10.7 Å². The Morgan fingerprint density at radius 2 is 1.71 bits per heavy atom. The first kappa shape index (κ1) is 21.1. The lowest BCUT2D eigenvalue weighted by Crippen LogP contribution is -2.59. The number of hydrogen-bond acceptors (Lipinski definition) is 2. The number of alkyl halides is 1. The molecule has 31 heavy (non-hydrogen) atoms. The molecule has 1 aromatic carbocycles. The summed E-state index contributed by atoms with van der Waals surface area (Å²) in [7, 11) is 0. The molecule has 4 bridgehead atoms. The van der Waals surface area contributed by atoms with Crippen molar-refractivity contribution in [2.75, 3.05) is 5.88 Å². The Morgan fingerprint density at radius 1 is 1.06 bits per heavy atom. The molecule has 2 aromatic rings. The van der Waals surface area contributed by atoms with Crippen LogP contribution in [-0.4, -0.2) is 27.1 Å². The lowest BCUT2D eigenvalue weighted by Gasteiger charge is -2.56. The number of aromatic nitrogens is 2. The second kappa shape index (κ2) is 8.61. The first-order valence-electron chi connectivity index (χ1n) is 12.1. The van der Waals surface area contributed by atoms with Crippen molar-refractivity contribution in [2.45, 2.75) is 76.8 Å². The van der Waals surface area contributed by atoms with Crippen molar-refractivity contribution in [3.63, 3.8) is 0 Å². The molecule has 1 amide bonds. The molecule has 0 aliphatic heterocycles. The summed E-state index contributed by atoms with van der Waals surface area (Å²) in [6, 6.07) is 10.4. The summed E-state index contributed by atoms with van der Waals surface area (Å²) < 4.78 is 2.05. The van der Waals surface area contributed by atoms with Crippen molar-refractivity contribution in [2.24, 2.45) is 17.8 Å². The normalized spacial score (nSPS) is 28.8. The number of hydrogen-bond donors (Lipinski definition) is 1. The Balaban J connectivity index is 1.40. The molecule has 4 nitrogen and oxygen atoms in total. The number of nitrogens with zero attached hydrogens (tertiary/aromatic N) is 2. The van der Waals surface area contributed by atoms with Crippen LogP contribution in [0.5, 0.6) is 0 Å². The minimum atomic E-state index is 0.00924. The molecule has 1 N–H and O–H groups in total. The lowest BCUT2D eigenvalue weighted by molar-refractivity contribution is -0.0168. The number of unbranched alkanes of at least 4 members (excludes halogenated alkanes) is 2. The van der Waals surface area contributed by atoms with E-state index >= 15 is 0 Å². The maximum atomic E-state index is 13.5. The van der Waals surface area contributed by atoms with E-state index in [9.17, 15) is 4.79 Å². The molecule has 166 valence electrons. The summed E-state index contributed by atoms with van der Waals surface area (Å²) in [6.45, 7) is 2.87. The molecule has 0 unspecified atom stereocenters. The van der Waals surface area contributed by atoms with Crippen LogP contribution in [0.25, 0.3) is 11.3 Å². The van der Waals surface area contributed by atoms with E-state index < -0.39 is 0 Å². The fourth-order valence-corrected chi connectivity index (χ4v) is 7.18. The number of rotatable bonds is 8. The van der Waals surface area contributed by atoms with E-state index in [0.29, 0.717) is 11.6 Å². The summed E-state index contributed by atoms with van der Waals surface area (Å²) >= 11 is 5.85. The Morgan fingerprint density at radius 3 is 2.32 bits per heavy atom. The van der Waals surface area contributed by atoms with E-state index in [4.69, 9.17) is 16.7 Å². The van der Waals surface area contributed by atoms with Gasteiger partial charge in [-0.25, -0.2) is 0 Å². The molecule has 4 aliphatic rings. The van der Waals surface area contributed by atoms with Crippen LogP contribution >= 0.6 is 11.6 Å². The molecule has 1 aromatic heterocycles. The van der Waals surface area contributed by atoms with Crippen molar-refractivity contribution in [1.82, 2.24) is 15.1 Å². The van der Waals surface area contributed by atoms with Gasteiger partial charge >= 0.3 is 0 Å². The van der Waals surface area contributed by atoms with Crippen molar-refractivity contribution >= 4 is 17.5 Å². The van der Waals surface area contributed by atoms with Crippen LogP contribution in [0, 0.1) is 24.7 Å². The van der Waals surface area contributed by atoms with E-state index in [1.165, 1.54) is 19.3 Å². The zero-order valence-corrected chi connectivity index (χ0v) is 19.3. The zero-order valence-electron chi connectivity index (χ0n) is 18.6. The maximum absolute atomic E-state index is 13.5. The van der Waals surface area contributed by atoms with E-state index in [1.54, 1.807) is 0 Å². The van der Waals surface area contributed by atoms with Gasteiger partial charge in [0.25, 0.3) is 5.91 Å². The molecule has 4 fully saturated rings. The summed E-state index contributed by atoms with van der Waals surface area (Å²) in [5.74, 6) is 3.16. The smallest absolute Gasteiger partial charge is 0.272 e. The molecule has 4 aliphatic carbocycles. The topological polar surface area (TPSA) is 46.9 Å². The molecule has 4 saturated carbocycles. The van der Waals surface area contributed by atoms with Gasteiger partial charge in [-0.15, -0.1) is 11.6 Å². The van der Waals surface area contributed by atoms with Gasteiger partial charge in [0.2, 0.25) is 0 Å². The van der Waals surface area contributed by atoms with Gasteiger partial charge in [-0.1, -0.05) is 36.8 Å². The van der Waals surface area contributed by atoms with Gasteiger partial charge in [0.05, 0.1) is 5.69 Å². The number of nitrogens with one attached hydrogen (secondary N) is 1. The van der Waals surface area contributed by atoms with Crippen LogP contribution < -0.4 is 5.32 Å². The molecule has 0 spiro atoms. The highest BCUT2D eigenvalue weighted by Gasteiger charge is 2.51. The van der Waals surface area contributed by atoms with Crippen molar-refractivity contribution in [1.29, 1.82) is 0 Å². The average Bonchev–Trinajstić information content (AvgIpc) is 3.07. The third-order valence-corrected chi connectivity index (χ3v) is 8.14. The van der Waals surface area contributed by atoms with Crippen molar-refractivity contribution in [3.8, 4) is 11.3 Å². The molecule has 0 radical (unpaired) electrons. The first-order valence-corrected chi connectivity index (χ1v) is 12.6. The number of halogens is 1. The summed E-state index contributed by atoms with van der Waals surface area (Å²) in [5.41, 5.74) is 3.80. The van der Waals surface area contributed by atoms with E-state index in [2.05, 4.69) is 36.5 Å². The van der Waals surface area contributed by atoms with Crippen molar-refractivity contribution in [3.05, 3.63) is 41.6 Å². The van der Waals surface area contributed by atoms with Crippen LogP contribution in [-0.2, 0) is 6.54 Å². The van der Waals surface area contributed by atoms with Crippen LogP contribution in [0.3, 0.4) is 0 Å². The quantitative estimate of drug-likeness (QED) is 0.407. The average molecular weight is 440 g/mol. The standard InChI is InChI=1S/C26H34ClN3O/c1-18-23(25(31)28-26-15-19-12-20(16-26)14-21(13-19)17-26)29-30(11-7-3-6-10-27)24(18)22-8-4-2-5-9-22/h2,4-5,8-9,19-21H,3,6-7,10-17H2,1H3,(H,28,31). The SMILES string of the molecule is Cc1c(C(=O)NC23CC4CC(CC(C4)C2)C3)nn(CCCCCCl)c1-c1ccccc1. The molecule has 6 rings (SSSR count). The first-order chi connectivity index (χ1) is 15.1. The molecular formula is C26H34ClN3O. The Hall–Kier alpha value is -1.81. The van der Waals surface area contributed by atoms with Gasteiger partial charge in [-0.3, -0.25) is 9.48 Å². The highest BCUT2D eigenvalue weighted by molar-refractivity contribution is 6.17. The number of benzene rings is 1. The zero-order chi connectivity index (χ0) is 21.4. The number of carbonyl (C=O) groups excluding carboxylic acids is 1. The fraction of sp³-hybridized carbons (Fsp3) is 0.615. The minimum Gasteiger partial charge on any atom is -0.345 e. The second-order valence-electron chi connectivity index (χ2n) is 10.3. The Kier molecular flexibility index (Phi) is 5.85. The number of amides is 1. The minimum absolute atomic E-state index is 0.00924. The largest absolute Gasteiger partial charge is 0.345 e. The van der Waals surface area contributed by atoms with Crippen LogP contribution in [0.1, 0.15) is 73.8 Å². The predicted octanol–water partition coefficient (Wildman–Crippen LogP) is 5.97. The maximum Gasteiger partial charge on any atom is 0.272 e. The third kappa shape index (κ3) is 4.16. The summed E-state index contributed by atoms with van der Waals surface area (Å²) in [4.78, 5) is 13.5. The summed E-state index contributed by atoms with van der Waals surface area (Å²) in [5, 5.41) is 8.37. The van der Waals surface area contributed by atoms with Crippen molar-refractivity contribution < 1.29 is 4.79 Å². The molecular weight excluding hydrogens is 406 g/mol. The van der Waals surface area contributed by atoms with Gasteiger partial charge < -0.3 is 5.32 Å². The number of carbonyl (C=O) groups is 1. The number of aryl methyl sites for hydroxylation is 1. The fourth-order valence-electron chi connectivity index (χ4n) is 6.99. The predicted molar refractivity (Wildman–Crippen MR) is 125 cm³/mol.